The summed E-state index contributed by atoms with van der Waals surface area (Å²) >= 11 is 0. The Kier molecular flexibility index (Phi) is 8.05. The average Bonchev–Trinajstić information content (AvgIpc) is 3.62. The van der Waals surface area contributed by atoms with Gasteiger partial charge in [-0.15, -0.1) is 0 Å². The molecule has 0 saturated heterocycles. The first kappa shape index (κ1) is 25.0. The number of nitrogens with zero attached hydrogens (tertiary/aromatic N) is 1. The predicted octanol–water partition coefficient (Wildman–Crippen LogP) is 4.91. The van der Waals surface area contributed by atoms with Crippen molar-refractivity contribution in [3.8, 4) is 5.75 Å². The maximum Gasteiger partial charge on any atom is 0.338 e. The van der Waals surface area contributed by atoms with Crippen molar-refractivity contribution in [2.75, 3.05) is 18.6 Å². The zero-order chi connectivity index (χ0) is 25.5. The van der Waals surface area contributed by atoms with Gasteiger partial charge in [0.1, 0.15) is 11.8 Å². The molecule has 1 N–H and O–H groups in total. The molecule has 2 amide bonds. The van der Waals surface area contributed by atoms with Gasteiger partial charge < -0.3 is 19.2 Å². The van der Waals surface area contributed by atoms with Gasteiger partial charge in [-0.2, -0.15) is 0 Å². The quantitative estimate of drug-likeness (QED) is 0.428. The molecule has 188 valence electrons. The van der Waals surface area contributed by atoms with Gasteiger partial charge >= 0.3 is 5.97 Å². The van der Waals surface area contributed by atoms with Crippen LogP contribution >= 0.6 is 0 Å². The Morgan fingerprint density at radius 2 is 1.72 bits per heavy atom. The molecule has 1 aromatic heterocycles. The third kappa shape index (κ3) is 5.59. The number of ether oxygens (including phenoxy) is 2. The van der Waals surface area contributed by atoms with Crippen molar-refractivity contribution in [3.05, 3.63) is 83.8 Å². The van der Waals surface area contributed by atoms with Crippen molar-refractivity contribution >= 4 is 23.5 Å². The number of rotatable bonds is 9. The highest BCUT2D eigenvalue weighted by atomic mass is 16.5. The number of furan rings is 1. The van der Waals surface area contributed by atoms with E-state index in [1.807, 2.05) is 0 Å². The van der Waals surface area contributed by atoms with Crippen molar-refractivity contribution in [3.63, 3.8) is 0 Å². The Labute approximate surface area is 210 Å². The van der Waals surface area contributed by atoms with Crippen LogP contribution in [0.25, 0.3) is 0 Å². The maximum absolute atomic E-state index is 13.8. The summed E-state index contributed by atoms with van der Waals surface area (Å²) in [5, 5.41) is 3.13. The van der Waals surface area contributed by atoms with Gasteiger partial charge in [0.2, 0.25) is 5.91 Å². The molecule has 0 bridgehead atoms. The SMILES string of the molecule is CCOC(=O)c1ccc(N(C(=O)c2ccco2)C(C(=O)NC2CCCC2)c2ccc(OC)cc2)cc1. The Morgan fingerprint density at radius 3 is 2.31 bits per heavy atom. The van der Waals surface area contributed by atoms with E-state index in [9.17, 15) is 14.4 Å². The van der Waals surface area contributed by atoms with E-state index >= 15 is 0 Å². The zero-order valence-corrected chi connectivity index (χ0v) is 20.4. The Bertz CT molecular complexity index is 1170. The van der Waals surface area contributed by atoms with Gasteiger partial charge in [-0.05, 0) is 73.9 Å². The number of anilines is 1. The van der Waals surface area contributed by atoms with Crippen LogP contribution in [0.2, 0.25) is 0 Å². The van der Waals surface area contributed by atoms with Crippen molar-refractivity contribution in [1.29, 1.82) is 0 Å². The third-order valence-electron chi connectivity index (χ3n) is 6.25. The molecule has 1 unspecified atom stereocenters. The lowest BCUT2D eigenvalue weighted by molar-refractivity contribution is -0.123. The van der Waals surface area contributed by atoms with Crippen LogP contribution in [0.4, 0.5) is 5.69 Å². The largest absolute Gasteiger partial charge is 0.497 e. The fourth-order valence-electron chi connectivity index (χ4n) is 4.43. The van der Waals surface area contributed by atoms with E-state index in [0.717, 1.165) is 25.7 Å². The first-order valence-electron chi connectivity index (χ1n) is 12.1. The van der Waals surface area contributed by atoms with Crippen molar-refractivity contribution in [1.82, 2.24) is 5.32 Å². The molecule has 1 saturated carbocycles. The predicted molar refractivity (Wildman–Crippen MR) is 134 cm³/mol. The molecule has 3 aromatic rings. The smallest absolute Gasteiger partial charge is 0.338 e. The summed E-state index contributed by atoms with van der Waals surface area (Å²) in [4.78, 5) is 41.1. The first-order valence-corrected chi connectivity index (χ1v) is 12.1. The van der Waals surface area contributed by atoms with Gasteiger partial charge in [-0.25, -0.2) is 4.79 Å². The Hall–Kier alpha value is -4.07. The number of methoxy groups -OCH3 is 1. The molecule has 1 aliphatic rings. The average molecular weight is 491 g/mol. The normalized spacial score (nSPS) is 14.2. The van der Waals surface area contributed by atoms with E-state index in [1.54, 1.807) is 74.7 Å². The molecule has 36 heavy (non-hydrogen) atoms. The van der Waals surface area contributed by atoms with Crippen LogP contribution in [0.1, 0.15) is 65.1 Å². The van der Waals surface area contributed by atoms with Crippen LogP contribution in [-0.4, -0.2) is 37.5 Å². The summed E-state index contributed by atoms with van der Waals surface area (Å²) < 4.78 is 15.8. The second-order valence-electron chi connectivity index (χ2n) is 8.59. The summed E-state index contributed by atoms with van der Waals surface area (Å²) in [7, 11) is 1.57. The highest BCUT2D eigenvalue weighted by molar-refractivity contribution is 6.09. The van der Waals surface area contributed by atoms with Crippen LogP contribution in [-0.2, 0) is 9.53 Å². The van der Waals surface area contributed by atoms with Crippen LogP contribution in [0.3, 0.4) is 0 Å². The first-order chi connectivity index (χ1) is 17.5. The van der Waals surface area contributed by atoms with E-state index in [0.29, 0.717) is 22.6 Å². The van der Waals surface area contributed by atoms with Gasteiger partial charge in [0.15, 0.2) is 5.76 Å². The topological polar surface area (TPSA) is 98.1 Å². The molecule has 1 heterocycles. The number of hydrogen-bond donors (Lipinski definition) is 1. The minimum Gasteiger partial charge on any atom is -0.497 e. The van der Waals surface area contributed by atoms with Gasteiger partial charge in [0.05, 0.1) is 25.5 Å². The molecule has 0 aliphatic heterocycles. The molecule has 2 aromatic carbocycles. The Morgan fingerprint density at radius 1 is 1.03 bits per heavy atom. The number of amides is 2. The number of hydrogen-bond acceptors (Lipinski definition) is 6. The lowest BCUT2D eigenvalue weighted by Gasteiger charge is -2.32. The van der Waals surface area contributed by atoms with Gasteiger partial charge in [0.25, 0.3) is 5.91 Å². The summed E-state index contributed by atoms with van der Waals surface area (Å²) in [6.45, 7) is 1.99. The Balaban J connectivity index is 1.78. The number of carbonyl (C=O) groups excluding carboxylic acids is 3. The molecule has 4 rings (SSSR count). The van der Waals surface area contributed by atoms with E-state index < -0.39 is 17.9 Å². The maximum atomic E-state index is 13.8. The van der Waals surface area contributed by atoms with Crippen molar-refractivity contribution in [2.45, 2.75) is 44.7 Å². The minimum atomic E-state index is -0.984. The lowest BCUT2D eigenvalue weighted by atomic mass is 10.0. The number of esters is 1. The number of benzene rings is 2. The standard InChI is InChI=1S/C28H30N2O6/c1-3-35-28(33)20-10-14-22(15-11-20)30(27(32)24-9-6-18-36-24)25(19-12-16-23(34-2)17-13-19)26(31)29-21-7-4-5-8-21/h6,9-18,21,25H,3-5,7-8H2,1-2H3,(H,29,31). The summed E-state index contributed by atoms with van der Waals surface area (Å²) in [5.74, 6) is -0.501. The minimum absolute atomic E-state index is 0.0602. The van der Waals surface area contributed by atoms with E-state index in [1.165, 1.54) is 11.2 Å². The van der Waals surface area contributed by atoms with Crippen LogP contribution in [0.15, 0.2) is 71.3 Å². The number of carbonyl (C=O) groups is 3. The second kappa shape index (κ2) is 11.6. The van der Waals surface area contributed by atoms with Crippen LogP contribution in [0.5, 0.6) is 5.75 Å². The lowest BCUT2D eigenvalue weighted by Crippen LogP contribution is -2.46. The monoisotopic (exact) mass is 490 g/mol. The molecule has 0 radical (unpaired) electrons. The molecule has 1 aliphatic carbocycles. The summed E-state index contributed by atoms with van der Waals surface area (Å²) in [6, 6.07) is 15.7. The summed E-state index contributed by atoms with van der Waals surface area (Å²) in [6.07, 6.45) is 5.34. The molecule has 8 nitrogen and oxygen atoms in total. The van der Waals surface area contributed by atoms with Gasteiger partial charge in [-0.1, -0.05) is 25.0 Å². The fourth-order valence-corrected chi connectivity index (χ4v) is 4.43. The molecule has 1 fully saturated rings. The molecule has 8 heteroatoms. The molecule has 1 atom stereocenters. The summed E-state index contributed by atoms with van der Waals surface area (Å²) in [5.41, 5.74) is 1.40. The van der Waals surface area contributed by atoms with Crippen molar-refractivity contribution < 1.29 is 28.3 Å². The van der Waals surface area contributed by atoms with Crippen molar-refractivity contribution in [2.24, 2.45) is 0 Å². The third-order valence-corrected chi connectivity index (χ3v) is 6.25. The number of nitrogens with one attached hydrogen (secondary N) is 1. The molecule has 0 spiro atoms. The van der Waals surface area contributed by atoms with E-state index in [4.69, 9.17) is 13.9 Å². The zero-order valence-electron chi connectivity index (χ0n) is 20.4. The molecular weight excluding hydrogens is 460 g/mol. The second-order valence-corrected chi connectivity index (χ2v) is 8.59. The fraction of sp³-hybridized carbons (Fsp3) is 0.321. The highest BCUT2D eigenvalue weighted by Crippen LogP contribution is 2.32. The van der Waals surface area contributed by atoms with E-state index in [2.05, 4.69) is 5.32 Å². The van der Waals surface area contributed by atoms with Crippen LogP contribution in [0, 0.1) is 0 Å². The van der Waals surface area contributed by atoms with Gasteiger partial charge in [-0.3, -0.25) is 14.5 Å². The van der Waals surface area contributed by atoms with E-state index in [-0.39, 0.29) is 24.3 Å². The van der Waals surface area contributed by atoms with Crippen LogP contribution < -0.4 is 15.0 Å². The van der Waals surface area contributed by atoms with Gasteiger partial charge in [0, 0.05) is 11.7 Å². The molecular formula is C28H30N2O6. The highest BCUT2D eigenvalue weighted by Gasteiger charge is 2.36.